The molecule has 0 unspecified atom stereocenters. The van der Waals surface area contributed by atoms with Gasteiger partial charge < -0.3 is 10.6 Å². The minimum atomic E-state index is 0.387. The van der Waals surface area contributed by atoms with Crippen LogP contribution in [0, 0.1) is 0 Å². The van der Waals surface area contributed by atoms with Gasteiger partial charge in [0.2, 0.25) is 0 Å². The van der Waals surface area contributed by atoms with Crippen LogP contribution in [-0.2, 0) is 0 Å². The Morgan fingerprint density at radius 3 is 3.11 bits per heavy atom. The van der Waals surface area contributed by atoms with Crippen molar-refractivity contribution in [3.8, 4) is 0 Å². The molecule has 94 valence electrons. The lowest BCUT2D eigenvalue weighted by atomic mass is 10.1. The summed E-state index contributed by atoms with van der Waals surface area (Å²) in [5.74, 6) is 0.760. The predicted molar refractivity (Wildman–Crippen MR) is 71.9 cm³/mol. The van der Waals surface area contributed by atoms with E-state index in [9.17, 15) is 0 Å². The van der Waals surface area contributed by atoms with Crippen LogP contribution in [0.1, 0.15) is 12.8 Å². The maximum absolute atomic E-state index is 6.03. The van der Waals surface area contributed by atoms with Crippen LogP contribution >= 0.6 is 11.6 Å². The van der Waals surface area contributed by atoms with Crippen LogP contribution in [0.4, 0.5) is 5.82 Å². The molecular formula is C12H14ClN5. The van der Waals surface area contributed by atoms with Crippen molar-refractivity contribution < 1.29 is 0 Å². The molecule has 0 radical (unpaired) electrons. The standard InChI is InChI=1S/C12H14ClN5/c13-11-9-3-5-15-7-10(9)12(18-17-11)16-8-2-1-4-14-6-8/h3,5,7-8,14H,1-2,4,6H2,(H,16,18)/t8-/m1/s1. The summed E-state index contributed by atoms with van der Waals surface area (Å²) in [7, 11) is 0. The topological polar surface area (TPSA) is 62.7 Å². The maximum Gasteiger partial charge on any atom is 0.159 e. The number of hydrogen-bond donors (Lipinski definition) is 2. The summed E-state index contributed by atoms with van der Waals surface area (Å²) in [6, 6.07) is 2.24. The lowest BCUT2D eigenvalue weighted by Gasteiger charge is -2.24. The fourth-order valence-electron chi connectivity index (χ4n) is 2.24. The quantitative estimate of drug-likeness (QED) is 0.866. The van der Waals surface area contributed by atoms with Crippen molar-refractivity contribution in [3.05, 3.63) is 23.6 Å². The molecule has 18 heavy (non-hydrogen) atoms. The number of piperidine rings is 1. The lowest BCUT2D eigenvalue weighted by molar-refractivity contribution is 0.479. The normalized spacial score (nSPS) is 19.9. The monoisotopic (exact) mass is 263 g/mol. The first-order chi connectivity index (χ1) is 8.84. The Morgan fingerprint density at radius 2 is 2.28 bits per heavy atom. The average molecular weight is 264 g/mol. The number of nitrogens with one attached hydrogen (secondary N) is 2. The summed E-state index contributed by atoms with van der Waals surface area (Å²) in [6.45, 7) is 2.04. The smallest absolute Gasteiger partial charge is 0.159 e. The van der Waals surface area contributed by atoms with Gasteiger partial charge in [-0.25, -0.2) is 0 Å². The number of nitrogens with zero attached hydrogens (tertiary/aromatic N) is 3. The zero-order valence-corrected chi connectivity index (χ0v) is 10.6. The molecule has 5 nitrogen and oxygen atoms in total. The zero-order valence-electron chi connectivity index (χ0n) is 9.86. The Kier molecular flexibility index (Phi) is 3.25. The SMILES string of the molecule is Clc1nnc(N[C@@H]2CCCNC2)c2cnccc12. The molecule has 0 aliphatic carbocycles. The van der Waals surface area contributed by atoms with E-state index in [2.05, 4.69) is 25.8 Å². The largest absolute Gasteiger partial charge is 0.364 e. The molecule has 0 amide bonds. The van der Waals surface area contributed by atoms with Crippen LogP contribution in [0.3, 0.4) is 0 Å². The number of hydrogen-bond acceptors (Lipinski definition) is 5. The van der Waals surface area contributed by atoms with E-state index in [0.29, 0.717) is 11.2 Å². The minimum Gasteiger partial charge on any atom is -0.364 e. The van der Waals surface area contributed by atoms with Crippen LogP contribution in [0.5, 0.6) is 0 Å². The summed E-state index contributed by atoms with van der Waals surface area (Å²) in [6.07, 6.45) is 5.80. The molecule has 3 heterocycles. The van der Waals surface area contributed by atoms with Gasteiger partial charge in [-0.1, -0.05) is 11.6 Å². The summed E-state index contributed by atoms with van der Waals surface area (Å²) < 4.78 is 0. The fraction of sp³-hybridized carbons (Fsp3) is 0.417. The molecule has 2 aromatic rings. The Morgan fingerprint density at radius 1 is 1.33 bits per heavy atom. The van der Waals surface area contributed by atoms with E-state index in [1.807, 2.05) is 6.07 Å². The third-order valence-corrected chi connectivity index (χ3v) is 3.45. The molecule has 0 spiro atoms. The van der Waals surface area contributed by atoms with E-state index in [1.54, 1.807) is 12.4 Å². The van der Waals surface area contributed by atoms with Gasteiger partial charge in [0, 0.05) is 35.8 Å². The van der Waals surface area contributed by atoms with Crippen molar-refractivity contribution in [2.75, 3.05) is 18.4 Å². The highest BCUT2D eigenvalue weighted by Crippen LogP contribution is 2.25. The molecule has 0 saturated carbocycles. The second-order valence-electron chi connectivity index (χ2n) is 4.45. The van der Waals surface area contributed by atoms with Crippen molar-refractivity contribution in [1.29, 1.82) is 0 Å². The number of aromatic nitrogens is 3. The van der Waals surface area contributed by atoms with Crippen molar-refractivity contribution in [1.82, 2.24) is 20.5 Å². The first-order valence-corrected chi connectivity index (χ1v) is 6.45. The molecule has 2 N–H and O–H groups in total. The first kappa shape index (κ1) is 11.6. The van der Waals surface area contributed by atoms with Gasteiger partial charge >= 0.3 is 0 Å². The van der Waals surface area contributed by atoms with Crippen molar-refractivity contribution in [2.45, 2.75) is 18.9 Å². The van der Waals surface area contributed by atoms with E-state index in [4.69, 9.17) is 11.6 Å². The van der Waals surface area contributed by atoms with E-state index >= 15 is 0 Å². The Labute approximate surface area is 110 Å². The summed E-state index contributed by atoms with van der Waals surface area (Å²) in [5, 5.41) is 17.1. The van der Waals surface area contributed by atoms with E-state index in [0.717, 1.165) is 36.1 Å². The van der Waals surface area contributed by atoms with Gasteiger partial charge in [-0.2, -0.15) is 0 Å². The number of halogens is 1. The predicted octanol–water partition coefficient (Wildman–Crippen LogP) is 1.84. The number of rotatable bonds is 2. The van der Waals surface area contributed by atoms with Crippen LogP contribution in [0.2, 0.25) is 5.15 Å². The van der Waals surface area contributed by atoms with Crippen LogP contribution in [0.25, 0.3) is 10.8 Å². The molecule has 6 heteroatoms. The van der Waals surface area contributed by atoms with Crippen molar-refractivity contribution >= 4 is 28.2 Å². The molecule has 1 aliphatic rings. The molecule has 3 rings (SSSR count). The molecule has 1 fully saturated rings. The van der Waals surface area contributed by atoms with Crippen LogP contribution < -0.4 is 10.6 Å². The Balaban J connectivity index is 1.94. The minimum absolute atomic E-state index is 0.387. The maximum atomic E-state index is 6.03. The van der Waals surface area contributed by atoms with Gasteiger partial charge in [-0.05, 0) is 25.5 Å². The van der Waals surface area contributed by atoms with Gasteiger partial charge in [-0.3, -0.25) is 4.98 Å². The number of anilines is 1. The zero-order chi connectivity index (χ0) is 12.4. The summed E-state index contributed by atoms with van der Waals surface area (Å²) in [5.41, 5.74) is 0. The Hall–Kier alpha value is -1.46. The van der Waals surface area contributed by atoms with Gasteiger partial charge in [0.25, 0.3) is 0 Å². The van der Waals surface area contributed by atoms with E-state index in [-0.39, 0.29) is 0 Å². The van der Waals surface area contributed by atoms with E-state index in [1.165, 1.54) is 6.42 Å². The van der Waals surface area contributed by atoms with Crippen molar-refractivity contribution in [2.24, 2.45) is 0 Å². The average Bonchev–Trinajstić information content (AvgIpc) is 2.44. The first-order valence-electron chi connectivity index (χ1n) is 6.08. The molecule has 1 aliphatic heterocycles. The number of pyridine rings is 1. The van der Waals surface area contributed by atoms with Gasteiger partial charge in [0.15, 0.2) is 11.0 Å². The third kappa shape index (κ3) is 2.23. The van der Waals surface area contributed by atoms with E-state index < -0.39 is 0 Å². The molecule has 2 aromatic heterocycles. The van der Waals surface area contributed by atoms with Gasteiger partial charge in [-0.15, -0.1) is 10.2 Å². The van der Waals surface area contributed by atoms with Crippen LogP contribution in [-0.4, -0.2) is 34.3 Å². The number of fused-ring (bicyclic) bond motifs is 1. The third-order valence-electron chi connectivity index (χ3n) is 3.17. The second-order valence-corrected chi connectivity index (χ2v) is 4.81. The van der Waals surface area contributed by atoms with Gasteiger partial charge in [0.1, 0.15) is 0 Å². The highest BCUT2D eigenvalue weighted by atomic mass is 35.5. The summed E-state index contributed by atoms with van der Waals surface area (Å²) >= 11 is 6.03. The summed E-state index contributed by atoms with van der Waals surface area (Å²) in [4.78, 5) is 4.13. The van der Waals surface area contributed by atoms with Crippen LogP contribution in [0.15, 0.2) is 18.5 Å². The molecule has 1 saturated heterocycles. The Bertz CT molecular complexity index is 553. The second kappa shape index (κ2) is 5.04. The molecule has 0 bridgehead atoms. The molecule has 0 aromatic carbocycles. The fourth-order valence-corrected chi connectivity index (χ4v) is 2.44. The van der Waals surface area contributed by atoms with Gasteiger partial charge in [0.05, 0.1) is 0 Å². The molecule has 1 atom stereocenters. The lowest BCUT2D eigenvalue weighted by Crippen LogP contribution is -2.38. The highest BCUT2D eigenvalue weighted by molar-refractivity contribution is 6.34. The van der Waals surface area contributed by atoms with Crippen molar-refractivity contribution in [3.63, 3.8) is 0 Å². The molecular weight excluding hydrogens is 250 g/mol. The highest BCUT2D eigenvalue weighted by Gasteiger charge is 2.15.